The van der Waals surface area contributed by atoms with Crippen LogP contribution in [0, 0.1) is 11.7 Å². The summed E-state index contributed by atoms with van der Waals surface area (Å²) in [5.74, 6) is -0.580. The van der Waals surface area contributed by atoms with Gasteiger partial charge in [-0.2, -0.15) is 0 Å². The Morgan fingerprint density at radius 1 is 1.23 bits per heavy atom. The number of halogens is 1. The molecule has 0 saturated heterocycles. The van der Waals surface area contributed by atoms with Gasteiger partial charge in [0, 0.05) is 23.4 Å². The fourth-order valence-corrected chi connectivity index (χ4v) is 4.62. The van der Waals surface area contributed by atoms with Gasteiger partial charge in [0.1, 0.15) is 13.2 Å². The number of carbonyl (C=O) groups is 2. The fraction of sp³-hybridized carbons (Fsp3) is 0.478. The molecule has 1 aliphatic heterocycles. The molecule has 0 bridgehead atoms. The van der Waals surface area contributed by atoms with Crippen LogP contribution in [0.4, 0.5) is 4.39 Å². The molecule has 1 aromatic carbocycles. The largest absolute Gasteiger partial charge is 0.488 e. The molecule has 0 radical (unpaired) electrons. The Morgan fingerprint density at radius 3 is 2.63 bits per heavy atom. The van der Waals surface area contributed by atoms with Crippen LogP contribution in [0.2, 0.25) is 0 Å². The van der Waals surface area contributed by atoms with Gasteiger partial charge in [0.2, 0.25) is 11.8 Å². The molecule has 0 aliphatic carbocycles. The van der Waals surface area contributed by atoms with Crippen LogP contribution in [-0.4, -0.2) is 47.4 Å². The van der Waals surface area contributed by atoms with Crippen molar-refractivity contribution in [3.05, 3.63) is 52.0 Å². The van der Waals surface area contributed by atoms with Crippen molar-refractivity contribution in [1.29, 1.82) is 0 Å². The van der Waals surface area contributed by atoms with Crippen molar-refractivity contribution >= 4 is 23.2 Å². The van der Waals surface area contributed by atoms with Gasteiger partial charge in [0.05, 0.1) is 6.04 Å². The number of hydrogen-bond donors (Lipinski definition) is 0. The van der Waals surface area contributed by atoms with E-state index in [-0.39, 0.29) is 48.7 Å². The summed E-state index contributed by atoms with van der Waals surface area (Å²) in [7, 11) is 0. The number of fused-ring (bicyclic) bond motifs is 1. The minimum atomic E-state index is -0.426. The Kier molecular flexibility index (Phi) is 7.13. The van der Waals surface area contributed by atoms with E-state index in [9.17, 15) is 14.0 Å². The minimum Gasteiger partial charge on any atom is -0.488 e. The lowest BCUT2D eigenvalue weighted by atomic mass is 10.00. The smallest absolute Gasteiger partial charge is 0.242 e. The molecular weight excluding hydrogens is 403 g/mol. The number of rotatable bonds is 7. The third-order valence-corrected chi connectivity index (χ3v) is 6.35. The fourth-order valence-electron chi connectivity index (χ4n) is 3.69. The van der Waals surface area contributed by atoms with E-state index in [1.165, 1.54) is 10.9 Å². The molecule has 0 saturated carbocycles. The second-order valence-corrected chi connectivity index (χ2v) is 9.11. The maximum atomic E-state index is 14.0. The van der Waals surface area contributed by atoms with E-state index in [0.717, 1.165) is 12.0 Å². The van der Waals surface area contributed by atoms with Crippen molar-refractivity contribution in [3.8, 4) is 5.75 Å². The third kappa shape index (κ3) is 4.83. The zero-order chi connectivity index (χ0) is 21.8. The number of carbonyl (C=O) groups excluding carboxylic acids is 2. The van der Waals surface area contributed by atoms with Crippen LogP contribution in [0.5, 0.6) is 5.75 Å². The standard InChI is InChI=1S/C23H29FN2O3S/c1-15(2)23(28)26(16(3)4)13-22(27)25-11-9-21-17(10-12-30-21)19(25)14-29-20-8-6-5-7-18(20)24/h5-8,10,12,15-16,19H,9,11,13-14H2,1-4H3/t19-/m0/s1. The Hall–Kier alpha value is -2.41. The van der Waals surface area contributed by atoms with E-state index in [1.54, 1.807) is 39.3 Å². The number of para-hydroxylation sites is 1. The normalized spacial score (nSPS) is 16.0. The first kappa shape index (κ1) is 22.3. The Balaban J connectivity index is 1.80. The molecule has 2 heterocycles. The third-order valence-electron chi connectivity index (χ3n) is 5.35. The highest BCUT2D eigenvalue weighted by Crippen LogP contribution is 2.34. The van der Waals surface area contributed by atoms with Crippen LogP contribution in [-0.2, 0) is 16.0 Å². The second kappa shape index (κ2) is 9.60. The molecule has 1 aromatic heterocycles. The van der Waals surface area contributed by atoms with E-state index in [2.05, 4.69) is 0 Å². The summed E-state index contributed by atoms with van der Waals surface area (Å²) in [4.78, 5) is 30.5. The number of thiophene rings is 1. The van der Waals surface area contributed by atoms with Crippen LogP contribution in [0.15, 0.2) is 35.7 Å². The molecule has 0 spiro atoms. The van der Waals surface area contributed by atoms with Crippen molar-refractivity contribution < 1.29 is 18.7 Å². The molecule has 7 heteroatoms. The Bertz CT molecular complexity index is 896. The summed E-state index contributed by atoms with van der Waals surface area (Å²) < 4.78 is 19.8. The number of nitrogens with zero attached hydrogens (tertiary/aromatic N) is 2. The van der Waals surface area contributed by atoms with E-state index < -0.39 is 5.82 Å². The van der Waals surface area contributed by atoms with Gasteiger partial charge < -0.3 is 14.5 Å². The zero-order valence-electron chi connectivity index (χ0n) is 17.9. The molecule has 0 fully saturated rings. The molecule has 30 heavy (non-hydrogen) atoms. The SMILES string of the molecule is CC(C)C(=O)N(CC(=O)N1CCc2sccc2[C@@H]1COc1ccccc1F)C(C)C. The summed E-state index contributed by atoms with van der Waals surface area (Å²) in [5, 5.41) is 2.01. The van der Waals surface area contributed by atoms with Crippen molar-refractivity contribution in [1.82, 2.24) is 9.80 Å². The summed E-state index contributed by atoms with van der Waals surface area (Å²) in [6, 6.07) is 7.90. The van der Waals surface area contributed by atoms with Crippen LogP contribution >= 0.6 is 11.3 Å². The van der Waals surface area contributed by atoms with Gasteiger partial charge in [0.25, 0.3) is 0 Å². The molecule has 1 atom stereocenters. The van der Waals surface area contributed by atoms with Crippen molar-refractivity contribution in [2.24, 2.45) is 5.92 Å². The number of hydrogen-bond acceptors (Lipinski definition) is 4. The van der Waals surface area contributed by atoms with Crippen molar-refractivity contribution in [3.63, 3.8) is 0 Å². The lowest BCUT2D eigenvalue weighted by Crippen LogP contribution is -2.50. The summed E-state index contributed by atoms with van der Waals surface area (Å²) in [5.41, 5.74) is 1.04. The van der Waals surface area contributed by atoms with Gasteiger partial charge in [0.15, 0.2) is 11.6 Å². The van der Waals surface area contributed by atoms with Crippen molar-refractivity contribution in [2.45, 2.75) is 46.2 Å². The highest BCUT2D eigenvalue weighted by atomic mass is 32.1. The number of amides is 2. The first-order valence-electron chi connectivity index (χ1n) is 10.3. The molecule has 162 valence electrons. The monoisotopic (exact) mass is 432 g/mol. The first-order chi connectivity index (χ1) is 14.3. The van der Waals surface area contributed by atoms with Gasteiger partial charge >= 0.3 is 0 Å². The molecule has 5 nitrogen and oxygen atoms in total. The number of benzene rings is 1. The van der Waals surface area contributed by atoms with Gasteiger partial charge in [-0.15, -0.1) is 11.3 Å². The van der Waals surface area contributed by atoms with Crippen molar-refractivity contribution in [2.75, 3.05) is 19.7 Å². The maximum Gasteiger partial charge on any atom is 0.242 e. The van der Waals surface area contributed by atoms with Gasteiger partial charge in [-0.1, -0.05) is 26.0 Å². The second-order valence-electron chi connectivity index (χ2n) is 8.11. The number of ether oxygens (including phenoxy) is 1. The average Bonchev–Trinajstić information content (AvgIpc) is 3.19. The van der Waals surface area contributed by atoms with E-state index >= 15 is 0 Å². The highest BCUT2D eigenvalue weighted by Gasteiger charge is 2.34. The van der Waals surface area contributed by atoms with Gasteiger partial charge in [-0.25, -0.2) is 4.39 Å². The van der Waals surface area contributed by atoms with Crippen LogP contribution in [0.25, 0.3) is 0 Å². The topological polar surface area (TPSA) is 49.9 Å². The Labute approximate surface area is 181 Å². The average molecular weight is 433 g/mol. The maximum absolute atomic E-state index is 14.0. The molecule has 1 aliphatic rings. The lowest BCUT2D eigenvalue weighted by Gasteiger charge is -2.38. The summed E-state index contributed by atoms with van der Waals surface area (Å²) in [6.07, 6.45) is 0.773. The van der Waals surface area contributed by atoms with Crippen LogP contribution < -0.4 is 4.74 Å². The zero-order valence-corrected chi connectivity index (χ0v) is 18.7. The van der Waals surface area contributed by atoms with Gasteiger partial charge in [-0.3, -0.25) is 9.59 Å². The van der Waals surface area contributed by atoms with Gasteiger partial charge in [-0.05, 0) is 49.4 Å². The summed E-state index contributed by atoms with van der Waals surface area (Å²) >= 11 is 1.66. The Morgan fingerprint density at radius 2 is 1.97 bits per heavy atom. The van der Waals surface area contributed by atoms with E-state index in [4.69, 9.17) is 4.74 Å². The predicted octanol–water partition coefficient (Wildman–Crippen LogP) is 4.29. The molecule has 3 rings (SSSR count). The molecule has 0 unspecified atom stereocenters. The first-order valence-corrected chi connectivity index (χ1v) is 11.2. The molecule has 0 N–H and O–H groups in total. The van der Waals surface area contributed by atoms with E-state index in [1.807, 2.05) is 39.1 Å². The summed E-state index contributed by atoms with van der Waals surface area (Å²) in [6.45, 7) is 8.26. The van der Waals surface area contributed by atoms with Crippen LogP contribution in [0.1, 0.15) is 44.2 Å². The quantitative estimate of drug-likeness (QED) is 0.656. The van der Waals surface area contributed by atoms with E-state index in [0.29, 0.717) is 6.54 Å². The minimum absolute atomic E-state index is 0.0321. The predicted molar refractivity (Wildman–Crippen MR) is 116 cm³/mol. The molecule has 2 aromatic rings. The lowest BCUT2D eigenvalue weighted by molar-refractivity contribution is -0.145. The van der Waals surface area contributed by atoms with Crippen LogP contribution in [0.3, 0.4) is 0 Å². The highest BCUT2D eigenvalue weighted by molar-refractivity contribution is 7.10. The molecular formula is C23H29FN2O3S. The molecule has 2 amide bonds.